The molecule has 1 aromatic heterocycles. The molecule has 1 fully saturated rings. The first-order chi connectivity index (χ1) is 14.8. The SMILES string of the molecule is O=C1C[C@@H](N2CCc3c([nH]c4ccccc34)C2)C(=O)N1c1ccc(OC(F)(F)F)cc1. The van der Waals surface area contributed by atoms with E-state index in [-0.39, 0.29) is 23.9 Å². The van der Waals surface area contributed by atoms with Crippen molar-refractivity contribution in [2.45, 2.75) is 31.8 Å². The number of hydrogen-bond acceptors (Lipinski definition) is 4. The first kappa shape index (κ1) is 19.6. The molecule has 0 aliphatic carbocycles. The lowest BCUT2D eigenvalue weighted by Crippen LogP contribution is -2.44. The zero-order valence-corrected chi connectivity index (χ0v) is 16.3. The van der Waals surface area contributed by atoms with Crippen LogP contribution >= 0.6 is 0 Å². The fourth-order valence-corrected chi connectivity index (χ4v) is 4.45. The van der Waals surface area contributed by atoms with Crippen molar-refractivity contribution in [3.63, 3.8) is 0 Å². The van der Waals surface area contributed by atoms with E-state index in [4.69, 9.17) is 0 Å². The summed E-state index contributed by atoms with van der Waals surface area (Å²) in [6.07, 6.45) is -4.00. The highest BCUT2D eigenvalue weighted by Gasteiger charge is 2.43. The summed E-state index contributed by atoms with van der Waals surface area (Å²) in [5, 5.41) is 1.17. The molecule has 5 rings (SSSR count). The highest BCUT2D eigenvalue weighted by molar-refractivity contribution is 6.22. The summed E-state index contributed by atoms with van der Waals surface area (Å²) in [4.78, 5) is 32.1. The number of H-pyrrole nitrogens is 1. The summed E-state index contributed by atoms with van der Waals surface area (Å²) in [6.45, 7) is 1.17. The molecule has 1 N–H and O–H groups in total. The van der Waals surface area contributed by atoms with Crippen LogP contribution in [-0.4, -0.2) is 40.6 Å². The molecule has 6 nitrogen and oxygen atoms in total. The van der Waals surface area contributed by atoms with Crippen molar-refractivity contribution in [2.24, 2.45) is 0 Å². The van der Waals surface area contributed by atoms with E-state index in [9.17, 15) is 22.8 Å². The van der Waals surface area contributed by atoms with Gasteiger partial charge in [0.05, 0.1) is 18.2 Å². The monoisotopic (exact) mass is 429 g/mol. The number of amides is 2. The number of nitrogens with zero attached hydrogens (tertiary/aromatic N) is 2. The minimum Gasteiger partial charge on any atom is -0.406 e. The number of aromatic amines is 1. The molecule has 3 aromatic rings. The molecule has 1 atom stereocenters. The maximum Gasteiger partial charge on any atom is 0.573 e. The molecule has 0 radical (unpaired) electrons. The number of rotatable bonds is 3. The van der Waals surface area contributed by atoms with Gasteiger partial charge < -0.3 is 9.72 Å². The van der Waals surface area contributed by atoms with Gasteiger partial charge in [-0.05, 0) is 42.3 Å². The Morgan fingerprint density at radius 1 is 1.03 bits per heavy atom. The Hall–Kier alpha value is -3.33. The van der Waals surface area contributed by atoms with Gasteiger partial charge in [0.1, 0.15) is 5.75 Å². The first-order valence-corrected chi connectivity index (χ1v) is 9.85. The number of nitrogens with one attached hydrogen (secondary N) is 1. The number of imide groups is 1. The summed E-state index contributed by atoms with van der Waals surface area (Å²) in [5.74, 6) is -1.15. The summed E-state index contributed by atoms with van der Waals surface area (Å²) < 4.78 is 40.9. The quantitative estimate of drug-likeness (QED) is 0.644. The number of carbonyl (C=O) groups excluding carboxylic acids is 2. The molecule has 31 heavy (non-hydrogen) atoms. The predicted octanol–water partition coefficient (Wildman–Crippen LogP) is 3.76. The summed E-state index contributed by atoms with van der Waals surface area (Å²) in [5.41, 5.74) is 3.56. The number of para-hydroxylation sites is 1. The normalized spacial score (nSPS) is 19.8. The highest BCUT2D eigenvalue weighted by atomic mass is 19.4. The Balaban J connectivity index is 1.34. The molecular formula is C22H18F3N3O3. The third-order valence-corrected chi connectivity index (χ3v) is 5.80. The van der Waals surface area contributed by atoms with Crippen LogP contribution in [0.3, 0.4) is 0 Å². The second-order valence-corrected chi connectivity index (χ2v) is 7.68. The minimum absolute atomic E-state index is 0.0369. The van der Waals surface area contributed by atoms with Gasteiger partial charge >= 0.3 is 6.36 Å². The standard InChI is InChI=1S/C22H18F3N3O3/c23-22(24,25)31-14-7-5-13(6-8-14)28-20(29)11-19(21(28)30)27-10-9-16-15-3-1-2-4-17(15)26-18(16)12-27/h1-8,19,26H,9-12H2/t19-/m1/s1. The van der Waals surface area contributed by atoms with Crippen molar-refractivity contribution < 1.29 is 27.5 Å². The molecule has 2 aromatic carbocycles. The summed E-state index contributed by atoms with van der Waals surface area (Å²) >= 11 is 0. The number of carbonyl (C=O) groups is 2. The van der Waals surface area contributed by atoms with Crippen LogP contribution in [0.15, 0.2) is 48.5 Å². The van der Waals surface area contributed by atoms with Gasteiger partial charge in [0.2, 0.25) is 5.91 Å². The fraction of sp³-hybridized carbons (Fsp3) is 0.273. The molecule has 9 heteroatoms. The van der Waals surface area contributed by atoms with E-state index in [1.165, 1.54) is 23.1 Å². The minimum atomic E-state index is -4.80. The number of ether oxygens (including phenoxy) is 1. The van der Waals surface area contributed by atoms with Gasteiger partial charge in [-0.2, -0.15) is 0 Å². The van der Waals surface area contributed by atoms with Gasteiger partial charge in [-0.3, -0.25) is 14.5 Å². The van der Waals surface area contributed by atoms with Crippen LogP contribution in [0.2, 0.25) is 0 Å². The molecule has 2 amide bonds. The summed E-state index contributed by atoms with van der Waals surface area (Å²) in [7, 11) is 0. The number of hydrogen-bond donors (Lipinski definition) is 1. The molecule has 0 unspecified atom stereocenters. The van der Waals surface area contributed by atoms with Crippen molar-refractivity contribution in [3.05, 3.63) is 59.8 Å². The number of fused-ring (bicyclic) bond motifs is 3. The van der Waals surface area contributed by atoms with Gasteiger partial charge in [0.25, 0.3) is 5.91 Å². The third-order valence-electron chi connectivity index (χ3n) is 5.80. The maximum atomic E-state index is 13.1. The molecule has 2 aliphatic heterocycles. The third kappa shape index (κ3) is 3.54. The van der Waals surface area contributed by atoms with Crippen molar-refractivity contribution in [3.8, 4) is 5.75 Å². The van der Waals surface area contributed by atoms with Crippen molar-refractivity contribution in [1.29, 1.82) is 0 Å². The number of anilines is 1. The average molecular weight is 429 g/mol. The zero-order chi connectivity index (χ0) is 21.8. The molecule has 3 heterocycles. The molecule has 0 spiro atoms. The second kappa shape index (κ2) is 7.12. The van der Waals surface area contributed by atoms with Crippen LogP contribution in [0, 0.1) is 0 Å². The maximum absolute atomic E-state index is 13.1. The van der Waals surface area contributed by atoms with Crippen molar-refractivity contribution >= 4 is 28.4 Å². The number of halogens is 3. The zero-order valence-electron chi connectivity index (χ0n) is 16.3. The van der Waals surface area contributed by atoms with Gasteiger partial charge in [0.15, 0.2) is 0 Å². The number of alkyl halides is 3. The fourth-order valence-electron chi connectivity index (χ4n) is 4.45. The van der Waals surface area contributed by atoms with Crippen LogP contribution in [0.4, 0.5) is 18.9 Å². The van der Waals surface area contributed by atoms with Crippen LogP contribution in [0.25, 0.3) is 10.9 Å². The molecule has 2 aliphatic rings. The van der Waals surface area contributed by atoms with E-state index in [1.807, 2.05) is 23.1 Å². The Bertz CT molecular complexity index is 1170. The summed E-state index contributed by atoms with van der Waals surface area (Å²) in [6, 6.07) is 12.2. The van der Waals surface area contributed by atoms with Crippen LogP contribution in [0.1, 0.15) is 17.7 Å². The lowest BCUT2D eigenvalue weighted by atomic mass is 10.0. The first-order valence-electron chi connectivity index (χ1n) is 9.85. The molecule has 1 saturated heterocycles. The molecule has 160 valence electrons. The Morgan fingerprint density at radius 2 is 1.77 bits per heavy atom. The van der Waals surface area contributed by atoms with E-state index in [2.05, 4.69) is 15.8 Å². The van der Waals surface area contributed by atoms with E-state index in [1.54, 1.807) is 0 Å². The van der Waals surface area contributed by atoms with Gasteiger partial charge in [-0.1, -0.05) is 18.2 Å². The largest absolute Gasteiger partial charge is 0.573 e. The van der Waals surface area contributed by atoms with Crippen LogP contribution in [0.5, 0.6) is 5.75 Å². The van der Waals surface area contributed by atoms with Crippen molar-refractivity contribution in [1.82, 2.24) is 9.88 Å². The molecule has 0 saturated carbocycles. The topological polar surface area (TPSA) is 65.6 Å². The smallest absolute Gasteiger partial charge is 0.406 e. The van der Waals surface area contributed by atoms with E-state index < -0.39 is 18.2 Å². The van der Waals surface area contributed by atoms with E-state index in [0.717, 1.165) is 34.7 Å². The average Bonchev–Trinajstić information content (AvgIpc) is 3.24. The number of benzene rings is 2. The highest BCUT2D eigenvalue weighted by Crippen LogP contribution is 2.33. The lowest BCUT2D eigenvalue weighted by Gasteiger charge is -2.30. The van der Waals surface area contributed by atoms with Crippen molar-refractivity contribution in [2.75, 3.05) is 11.4 Å². The van der Waals surface area contributed by atoms with Gasteiger partial charge in [-0.15, -0.1) is 13.2 Å². The lowest BCUT2D eigenvalue weighted by molar-refractivity contribution is -0.274. The number of aromatic nitrogens is 1. The predicted molar refractivity (Wildman–Crippen MR) is 106 cm³/mol. The van der Waals surface area contributed by atoms with Crippen LogP contribution < -0.4 is 9.64 Å². The Morgan fingerprint density at radius 3 is 2.52 bits per heavy atom. The second-order valence-electron chi connectivity index (χ2n) is 7.68. The van der Waals surface area contributed by atoms with Crippen LogP contribution in [-0.2, 0) is 22.6 Å². The Labute approximate surface area is 175 Å². The van der Waals surface area contributed by atoms with Gasteiger partial charge in [-0.25, -0.2) is 4.90 Å². The van der Waals surface area contributed by atoms with E-state index in [0.29, 0.717) is 13.1 Å². The van der Waals surface area contributed by atoms with Gasteiger partial charge in [0, 0.05) is 29.7 Å². The molecule has 0 bridgehead atoms. The Kier molecular flexibility index (Phi) is 4.51. The molecular weight excluding hydrogens is 411 g/mol. The van der Waals surface area contributed by atoms with E-state index >= 15 is 0 Å².